The van der Waals surface area contributed by atoms with Gasteiger partial charge in [-0.25, -0.2) is 18.1 Å². The molecule has 6 nitrogen and oxygen atoms in total. The molecule has 1 fully saturated rings. The van der Waals surface area contributed by atoms with Gasteiger partial charge < -0.3 is 9.72 Å². The number of hydrogen-bond acceptors (Lipinski definition) is 4. The van der Waals surface area contributed by atoms with Crippen LogP contribution in [0.2, 0.25) is 0 Å². The van der Waals surface area contributed by atoms with Crippen LogP contribution in [-0.4, -0.2) is 36.6 Å². The van der Waals surface area contributed by atoms with Crippen LogP contribution in [-0.2, 0) is 21.2 Å². The summed E-state index contributed by atoms with van der Waals surface area (Å²) in [5.41, 5.74) is -0.284. The van der Waals surface area contributed by atoms with Crippen molar-refractivity contribution in [3.05, 3.63) is 12.0 Å². The van der Waals surface area contributed by atoms with E-state index in [2.05, 4.69) is 14.7 Å². The summed E-state index contributed by atoms with van der Waals surface area (Å²) in [5.74, 6) is 0.674. The minimum Gasteiger partial charge on any atom is -0.375 e. The first-order valence-corrected chi connectivity index (χ1v) is 8.01. The molecular weight excluding hydrogens is 266 g/mol. The molecule has 19 heavy (non-hydrogen) atoms. The molecule has 0 bridgehead atoms. The number of sulfonamides is 1. The summed E-state index contributed by atoms with van der Waals surface area (Å²) < 4.78 is 32.7. The maximum atomic E-state index is 12.2. The van der Waals surface area contributed by atoms with Gasteiger partial charge in [0.05, 0.1) is 11.8 Å². The number of aromatic amines is 1. The Bertz CT molecular complexity index is 536. The number of rotatable bonds is 4. The van der Waals surface area contributed by atoms with Crippen LogP contribution >= 0.6 is 0 Å². The van der Waals surface area contributed by atoms with Gasteiger partial charge in [0.2, 0.25) is 0 Å². The highest BCUT2D eigenvalue weighted by molar-refractivity contribution is 7.89. The summed E-state index contributed by atoms with van der Waals surface area (Å²) in [4.78, 5) is 6.84. The van der Waals surface area contributed by atoms with Crippen molar-refractivity contribution in [1.82, 2.24) is 14.7 Å². The van der Waals surface area contributed by atoms with Gasteiger partial charge in [-0.15, -0.1) is 0 Å². The quantitative estimate of drug-likeness (QED) is 0.871. The lowest BCUT2D eigenvalue weighted by molar-refractivity contribution is -0.0599. The topological polar surface area (TPSA) is 84.1 Å². The zero-order valence-electron chi connectivity index (χ0n) is 11.6. The Balaban J connectivity index is 2.09. The molecule has 0 spiro atoms. The molecule has 2 rings (SSSR count). The molecule has 1 saturated heterocycles. The number of aryl methyl sites for hydroxylation is 1. The number of nitrogens with one attached hydrogen (secondary N) is 2. The third kappa shape index (κ3) is 3.55. The molecule has 1 atom stereocenters. The van der Waals surface area contributed by atoms with E-state index in [9.17, 15) is 8.42 Å². The van der Waals surface area contributed by atoms with E-state index in [1.165, 1.54) is 6.20 Å². The SMILES string of the molecule is CCc1ncc(S(=O)(=O)NC2CCOC(C)(C)C2)[nH]1. The number of imidazole rings is 1. The summed E-state index contributed by atoms with van der Waals surface area (Å²) in [5, 5.41) is 0.133. The maximum absolute atomic E-state index is 12.2. The molecule has 0 aromatic carbocycles. The number of aromatic nitrogens is 2. The molecule has 1 aromatic rings. The van der Waals surface area contributed by atoms with Crippen molar-refractivity contribution in [2.24, 2.45) is 0 Å². The summed E-state index contributed by atoms with van der Waals surface area (Å²) in [6, 6.07) is -0.0953. The first-order valence-electron chi connectivity index (χ1n) is 6.52. The lowest BCUT2D eigenvalue weighted by atomic mass is 9.95. The van der Waals surface area contributed by atoms with Gasteiger partial charge in [-0.2, -0.15) is 0 Å². The number of H-pyrrole nitrogens is 1. The van der Waals surface area contributed by atoms with Gasteiger partial charge in [-0.3, -0.25) is 0 Å². The third-order valence-corrected chi connectivity index (χ3v) is 4.68. The van der Waals surface area contributed by atoms with E-state index in [4.69, 9.17) is 4.74 Å². The van der Waals surface area contributed by atoms with Gasteiger partial charge in [0.15, 0.2) is 5.03 Å². The minimum atomic E-state index is -3.52. The van der Waals surface area contributed by atoms with Crippen molar-refractivity contribution in [1.29, 1.82) is 0 Å². The Morgan fingerprint density at radius 2 is 2.32 bits per heavy atom. The fourth-order valence-corrected chi connectivity index (χ4v) is 3.49. The molecular formula is C12H21N3O3S. The largest absolute Gasteiger partial charge is 0.375 e. The Kier molecular flexibility index (Phi) is 3.98. The molecule has 108 valence electrons. The van der Waals surface area contributed by atoms with E-state index < -0.39 is 10.0 Å². The first-order chi connectivity index (χ1) is 8.82. The molecule has 0 amide bonds. The average Bonchev–Trinajstić information content (AvgIpc) is 2.76. The van der Waals surface area contributed by atoms with Crippen molar-refractivity contribution in [3.8, 4) is 0 Å². The summed E-state index contributed by atoms with van der Waals surface area (Å²) in [6.45, 7) is 6.44. The number of ether oxygens (including phenoxy) is 1. The highest BCUT2D eigenvalue weighted by Gasteiger charge is 2.32. The summed E-state index contributed by atoms with van der Waals surface area (Å²) in [6.07, 6.45) is 3.41. The van der Waals surface area contributed by atoms with Gasteiger partial charge in [0.1, 0.15) is 5.82 Å². The van der Waals surface area contributed by atoms with E-state index >= 15 is 0 Å². The van der Waals surface area contributed by atoms with Gasteiger partial charge in [-0.05, 0) is 26.7 Å². The first kappa shape index (κ1) is 14.5. The molecule has 2 heterocycles. The zero-order valence-corrected chi connectivity index (χ0v) is 12.4. The molecule has 7 heteroatoms. The standard InChI is InChI=1S/C12H21N3O3S/c1-4-10-13-8-11(14-10)19(16,17)15-9-5-6-18-12(2,3)7-9/h8-9,15H,4-7H2,1-3H3,(H,13,14). The molecule has 1 unspecified atom stereocenters. The van der Waals surface area contributed by atoms with Crippen molar-refractivity contribution in [3.63, 3.8) is 0 Å². The summed E-state index contributed by atoms with van der Waals surface area (Å²) in [7, 11) is -3.52. The normalized spacial score (nSPS) is 23.4. The van der Waals surface area contributed by atoms with Crippen molar-refractivity contribution in [2.45, 2.75) is 56.7 Å². The molecule has 0 radical (unpaired) electrons. The van der Waals surface area contributed by atoms with Crippen LogP contribution in [0.15, 0.2) is 11.2 Å². The van der Waals surface area contributed by atoms with Crippen LogP contribution in [0.4, 0.5) is 0 Å². The van der Waals surface area contributed by atoms with Crippen molar-refractivity contribution >= 4 is 10.0 Å². The third-order valence-electron chi connectivity index (χ3n) is 3.25. The second-order valence-corrected chi connectivity index (χ2v) is 7.15. The highest BCUT2D eigenvalue weighted by Crippen LogP contribution is 2.24. The Morgan fingerprint density at radius 1 is 1.58 bits per heavy atom. The smallest absolute Gasteiger partial charge is 0.257 e. The molecule has 0 saturated carbocycles. The Hall–Kier alpha value is -0.920. The molecule has 0 aliphatic carbocycles. The zero-order chi connectivity index (χ0) is 14.1. The van der Waals surface area contributed by atoms with Gasteiger partial charge >= 0.3 is 0 Å². The number of hydrogen-bond donors (Lipinski definition) is 2. The van der Waals surface area contributed by atoms with Crippen LogP contribution < -0.4 is 4.72 Å². The van der Waals surface area contributed by atoms with Gasteiger partial charge in [0, 0.05) is 19.1 Å². The van der Waals surface area contributed by atoms with Crippen LogP contribution in [0.1, 0.15) is 39.4 Å². The van der Waals surface area contributed by atoms with E-state index in [1.54, 1.807) is 0 Å². The predicted octanol–water partition coefficient (Wildman–Crippen LogP) is 1.21. The minimum absolute atomic E-state index is 0.0953. The van der Waals surface area contributed by atoms with Gasteiger partial charge in [0.25, 0.3) is 10.0 Å². The molecule has 2 N–H and O–H groups in total. The monoisotopic (exact) mass is 287 g/mol. The van der Waals surface area contributed by atoms with E-state index in [0.29, 0.717) is 31.7 Å². The molecule has 1 aliphatic heterocycles. The Morgan fingerprint density at radius 3 is 2.89 bits per heavy atom. The second-order valence-electron chi connectivity index (χ2n) is 5.47. The van der Waals surface area contributed by atoms with Crippen molar-refractivity contribution in [2.75, 3.05) is 6.61 Å². The highest BCUT2D eigenvalue weighted by atomic mass is 32.2. The summed E-state index contributed by atoms with van der Waals surface area (Å²) >= 11 is 0. The van der Waals surface area contributed by atoms with Crippen LogP contribution in [0, 0.1) is 0 Å². The maximum Gasteiger partial charge on any atom is 0.257 e. The van der Waals surface area contributed by atoms with Crippen LogP contribution in [0.25, 0.3) is 0 Å². The fourth-order valence-electron chi connectivity index (χ4n) is 2.27. The average molecular weight is 287 g/mol. The molecule has 1 aromatic heterocycles. The van der Waals surface area contributed by atoms with Crippen LogP contribution in [0.5, 0.6) is 0 Å². The lowest BCUT2D eigenvalue weighted by Gasteiger charge is -2.35. The van der Waals surface area contributed by atoms with E-state index in [1.807, 2.05) is 20.8 Å². The fraction of sp³-hybridized carbons (Fsp3) is 0.750. The van der Waals surface area contributed by atoms with Crippen molar-refractivity contribution < 1.29 is 13.2 Å². The predicted molar refractivity (Wildman–Crippen MR) is 71.3 cm³/mol. The van der Waals surface area contributed by atoms with Gasteiger partial charge in [-0.1, -0.05) is 6.92 Å². The van der Waals surface area contributed by atoms with E-state index in [0.717, 1.165) is 0 Å². The Labute approximate surface area is 114 Å². The molecule has 1 aliphatic rings. The second kappa shape index (κ2) is 5.22. The number of nitrogens with zero attached hydrogens (tertiary/aromatic N) is 1. The lowest BCUT2D eigenvalue weighted by Crippen LogP contribution is -2.45. The van der Waals surface area contributed by atoms with E-state index in [-0.39, 0.29) is 16.7 Å². The van der Waals surface area contributed by atoms with Crippen LogP contribution in [0.3, 0.4) is 0 Å².